The van der Waals surface area contributed by atoms with Crippen molar-refractivity contribution in [1.82, 2.24) is 9.97 Å². The fourth-order valence-electron chi connectivity index (χ4n) is 1.56. The highest BCUT2D eigenvalue weighted by molar-refractivity contribution is 5.79. The molecule has 17 heavy (non-hydrogen) atoms. The van der Waals surface area contributed by atoms with E-state index in [1.165, 1.54) is 0 Å². The Labute approximate surface area is 97.9 Å². The van der Waals surface area contributed by atoms with Gasteiger partial charge < -0.3 is 9.15 Å². The molecule has 0 N–H and O–H groups in total. The summed E-state index contributed by atoms with van der Waals surface area (Å²) >= 11 is 0. The monoisotopic (exact) mass is 225 g/mol. The fraction of sp³-hybridized carbons (Fsp3) is 0.0769. The molecule has 0 aliphatic rings. The number of oxazole rings is 1. The van der Waals surface area contributed by atoms with Crippen LogP contribution in [0.4, 0.5) is 0 Å². The van der Waals surface area contributed by atoms with Crippen molar-refractivity contribution in [2.75, 3.05) is 0 Å². The Morgan fingerprint density at radius 1 is 1.18 bits per heavy atom. The summed E-state index contributed by atoms with van der Waals surface area (Å²) in [6.07, 6.45) is 4.19. The summed E-state index contributed by atoms with van der Waals surface area (Å²) in [6.45, 7) is 0.410. The minimum atomic E-state index is 0.410. The molecule has 3 rings (SSSR count). The molecule has 2 aromatic heterocycles. The third-order valence-electron chi connectivity index (χ3n) is 2.38. The van der Waals surface area contributed by atoms with Gasteiger partial charge in [-0.1, -0.05) is 12.1 Å². The number of fused-ring (bicyclic) bond motifs is 1. The van der Waals surface area contributed by atoms with Gasteiger partial charge in [-0.05, 0) is 24.3 Å². The van der Waals surface area contributed by atoms with E-state index >= 15 is 0 Å². The first-order chi connectivity index (χ1) is 8.43. The van der Waals surface area contributed by atoms with Crippen LogP contribution in [0.15, 0.2) is 47.0 Å². The van der Waals surface area contributed by atoms with E-state index in [0.29, 0.717) is 23.5 Å². The van der Waals surface area contributed by atoms with E-state index in [0.717, 1.165) is 5.69 Å². The van der Waals surface area contributed by atoms with Crippen molar-refractivity contribution in [1.29, 1.82) is 0 Å². The number of benzene rings is 1. The average Bonchev–Trinajstić information content (AvgIpc) is 2.86. The van der Waals surface area contributed by atoms with Gasteiger partial charge in [0.25, 0.3) is 6.39 Å². The van der Waals surface area contributed by atoms with Gasteiger partial charge in [0, 0.05) is 6.20 Å². The Bertz CT molecular complexity index is 619. The lowest BCUT2D eigenvalue weighted by atomic mass is 10.3. The van der Waals surface area contributed by atoms with Crippen LogP contribution in [0.3, 0.4) is 0 Å². The first kappa shape index (κ1) is 9.84. The molecule has 0 saturated heterocycles. The van der Waals surface area contributed by atoms with E-state index in [2.05, 4.69) is 16.4 Å². The number of hydrogen-bond acceptors (Lipinski definition) is 4. The zero-order valence-corrected chi connectivity index (χ0v) is 8.96. The van der Waals surface area contributed by atoms with Gasteiger partial charge in [-0.3, -0.25) is 4.98 Å². The summed E-state index contributed by atoms with van der Waals surface area (Å²) in [5.41, 5.74) is 2.23. The van der Waals surface area contributed by atoms with Crippen LogP contribution in [-0.4, -0.2) is 9.97 Å². The summed E-state index contributed by atoms with van der Waals surface area (Å²) in [5, 5.41) is 0. The van der Waals surface area contributed by atoms with Gasteiger partial charge in [-0.2, -0.15) is 0 Å². The molecule has 2 heterocycles. The topological polar surface area (TPSA) is 48.2 Å². The molecule has 0 amide bonds. The lowest BCUT2D eigenvalue weighted by Crippen LogP contribution is -1.97. The molecule has 0 spiro atoms. The summed E-state index contributed by atoms with van der Waals surface area (Å²) in [5.74, 6) is 0.679. The van der Waals surface area contributed by atoms with Crippen molar-refractivity contribution in [3.63, 3.8) is 0 Å². The molecule has 0 bridgehead atoms. The highest BCUT2D eigenvalue weighted by atomic mass is 16.5. The summed E-state index contributed by atoms with van der Waals surface area (Å²) in [6, 6.07) is 11.2. The predicted octanol–water partition coefficient (Wildman–Crippen LogP) is 2.60. The molecule has 0 saturated carbocycles. The standard InChI is InChI=1S/C13H9N2O2/c1-2-7-14-10(4-1)8-16-11-5-3-6-12-13(11)15-9-17-12/h1-7H,8H2. The highest BCUT2D eigenvalue weighted by Crippen LogP contribution is 2.24. The van der Waals surface area contributed by atoms with Gasteiger partial charge in [0.2, 0.25) is 0 Å². The molecule has 4 nitrogen and oxygen atoms in total. The molecule has 0 aliphatic heterocycles. The van der Waals surface area contributed by atoms with E-state index < -0.39 is 0 Å². The van der Waals surface area contributed by atoms with Crippen LogP contribution in [0.5, 0.6) is 5.75 Å². The predicted molar refractivity (Wildman–Crippen MR) is 61.4 cm³/mol. The molecular weight excluding hydrogens is 216 g/mol. The molecular formula is C13H9N2O2. The van der Waals surface area contributed by atoms with Gasteiger partial charge in [-0.15, -0.1) is 0 Å². The van der Waals surface area contributed by atoms with Crippen LogP contribution in [0.25, 0.3) is 11.1 Å². The Morgan fingerprint density at radius 3 is 3.06 bits per heavy atom. The van der Waals surface area contributed by atoms with E-state index in [4.69, 9.17) is 9.15 Å². The first-order valence-electron chi connectivity index (χ1n) is 5.22. The highest BCUT2D eigenvalue weighted by Gasteiger charge is 2.06. The third-order valence-corrected chi connectivity index (χ3v) is 2.38. The quantitative estimate of drug-likeness (QED) is 0.687. The number of hydrogen-bond donors (Lipinski definition) is 0. The van der Waals surface area contributed by atoms with Gasteiger partial charge >= 0.3 is 0 Å². The number of rotatable bonds is 3. The fourth-order valence-corrected chi connectivity index (χ4v) is 1.56. The molecule has 0 aliphatic carbocycles. The molecule has 83 valence electrons. The minimum Gasteiger partial charge on any atom is -0.485 e. The van der Waals surface area contributed by atoms with Crippen molar-refractivity contribution >= 4 is 11.1 Å². The Balaban J connectivity index is 1.84. The van der Waals surface area contributed by atoms with Crippen molar-refractivity contribution in [3.05, 3.63) is 54.7 Å². The Morgan fingerprint density at radius 2 is 2.18 bits per heavy atom. The average molecular weight is 225 g/mol. The van der Waals surface area contributed by atoms with E-state index in [-0.39, 0.29) is 0 Å². The van der Waals surface area contributed by atoms with Gasteiger partial charge in [-0.25, -0.2) is 4.98 Å². The SMILES string of the molecule is [c]1nc2c(OCc3ccccn3)cccc2o1. The summed E-state index contributed by atoms with van der Waals surface area (Å²) in [4.78, 5) is 8.18. The lowest BCUT2D eigenvalue weighted by molar-refractivity contribution is 0.304. The Kier molecular flexibility index (Phi) is 2.46. The van der Waals surface area contributed by atoms with Crippen molar-refractivity contribution in [2.24, 2.45) is 0 Å². The number of pyridine rings is 1. The maximum Gasteiger partial charge on any atom is 0.284 e. The number of ether oxygens (including phenoxy) is 1. The molecule has 3 aromatic rings. The zero-order valence-electron chi connectivity index (χ0n) is 8.96. The van der Waals surface area contributed by atoms with Gasteiger partial charge in [0.05, 0.1) is 5.69 Å². The van der Waals surface area contributed by atoms with Crippen molar-refractivity contribution in [2.45, 2.75) is 6.61 Å². The number of aromatic nitrogens is 2. The zero-order chi connectivity index (χ0) is 11.5. The van der Waals surface area contributed by atoms with E-state index in [1.807, 2.05) is 36.4 Å². The molecule has 1 radical (unpaired) electrons. The lowest BCUT2D eigenvalue weighted by Gasteiger charge is -2.05. The summed E-state index contributed by atoms with van der Waals surface area (Å²) < 4.78 is 10.7. The molecule has 0 atom stereocenters. The summed E-state index contributed by atoms with van der Waals surface area (Å²) in [7, 11) is 0. The first-order valence-corrected chi connectivity index (χ1v) is 5.22. The van der Waals surface area contributed by atoms with E-state index in [9.17, 15) is 0 Å². The van der Waals surface area contributed by atoms with E-state index in [1.54, 1.807) is 6.20 Å². The smallest absolute Gasteiger partial charge is 0.284 e. The molecule has 1 aromatic carbocycles. The van der Waals surface area contributed by atoms with Gasteiger partial charge in [0.15, 0.2) is 11.1 Å². The maximum atomic E-state index is 5.66. The van der Waals surface area contributed by atoms with Gasteiger partial charge in [0.1, 0.15) is 12.4 Å². The molecule has 0 fully saturated rings. The number of nitrogens with zero attached hydrogens (tertiary/aromatic N) is 2. The van der Waals surface area contributed by atoms with Crippen LogP contribution < -0.4 is 4.74 Å². The molecule has 4 heteroatoms. The van der Waals surface area contributed by atoms with Crippen molar-refractivity contribution in [3.8, 4) is 5.75 Å². The van der Waals surface area contributed by atoms with Crippen LogP contribution in [-0.2, 0) is 6.61 Å². The second-order valence-corrected chi connectivity index (χ2v) is 3.52. The normalized spacial score (nSPS) is 10.6. The van der Waals surface area contributed by atoms with Crippen LogP contribution in [0.2, 0.25) is 0 Å². The third kappa shape index (κ3) is 1.97. The second kappa shape index (κ2) is 4.25. The van der Waals surface area contributed by atoms with Crippen LogP contribution in [0.1, 0.15) is 5.69 Å². The second-order valence-electron chi connectivity index (χ2n) is 3.52. The largest absolute Gasteiger partial charge is 0.485 e. The number of para-hydroxylation sites is 1. The van der Waals surface area contributed by atoms with Crippen LogP contribution >= 0.6 is 0 Å². The minimum absolute atomic E-state index is 0.410. The molecule has 0 unspecified atom stereocenters. The van der Waals surface area contributed by atoms with Crippen LogP contribution in [0, 0.1) is 6.39 Å². The Hall–Kier alpha value is -2.36. The van der Waals surface area contributed by atoms with Crippen molar-refractivity contribution < 1.29 is 9.15 Å². The maximum absolute atomic E-state index is 5.66.